The van der Waals surface area contributed by atoms with E-state index in [0.717, 1.165) is 6.42 Å². The summed E-state index contributed by atoms with van der Waals surface area (Å²) in [7, 11) is 0. The summed E-state index contributed by atoms with van der Waals surface area (Å²) < 4.78 is 11.2. The second-order valence-electron chi connectivity index (χ2n) is 4.68. The van der Waals surface area contributed by atoms with Gasteiger partial charge < -0.3 is 9.15 Å². The molecule has 0 spiro atoms. The number of esters is 1. The fraction of sp³-hybridized carbons (Fsp3) is 0.462. The van der Waals surface area contributed by atoms with E-state index in [1.54, 1.807) is 12.1 Å². The summed E-state index contributed by atoms with van der Waals surface area (Å²) in [5.41, 5.74) is 0.718. The van der Waals surface area contributed by atoms with Gasteiger partial charge >= 0.3 is 11.7 Å². The molecule has 2 heterocycles. The molecule has 2 aromatic heterocycles. The molecule has 19 heavy (non-hydrogen) atoms. The number of aromatic nitrogens is 2. The Morgan fingerprint density at radius 1 is 1.53 bits per heavy atom. The van der Waals surface area contributed by atoms with Crippen molar-refractivity contribution in [3.8, 4) is 0 Å². The Kier molecular flexibility index (Phi) is 3.99. The molecule has 2 aromatic rings. The van der Waals surface area contributed by atoms with Gasteiger partial charge in [0.15, 0.2) is 11.2 Å². The Bertz CT molecular complexity index is 627. The first kappa shape index (κ1) is 13.3. The lowest BCUT2D eigenvalue weighted by Gasteiger charge is -2.06. The first-order valence-corrected chi connectivity index (χ1v) is 6.18. The number of oxazole rings is 1. The summed E-state index contributed by atoms with van der Waals surface area (Å²) in [6, 6.07) is 3.29. The molecule has 0 saturated heterocycles. The van der Waals surface area contributed by atoms with Gasteiger partial charge in [0.2, 0.25) is 0 Å². The van der Waals surface area contributed by atoms with Crippen molar-refractivity contribution in [2.24, 2.45) is 5.92 Å². The number of carbonyl (C=O) groups excluding carboxylic acids is 1. The van der Waals surface area contributed by atoms with Gasteiger partial charge in [-0.1, -0.05) is 13.8 Å². The molecule has 0 atom stereocenters. The van der Waals surface area contributed by atoms with Gasteiger partial charge in [-0.2, -0.15) is 0 Å². The Hall–Kier alpha value is -2.11. The van der Waals surface area contributed by atoms with Crippen LogP contribution in [-0.4, -0.2) is 22.1 Å². The van der Waals surface area contributed by atoms with Crippen LogP contribution in [0.4, 0.5) is 0 Å². The van der Waals surface area contributed by atoms with Crippen LogP contribution >= 0.6 is 0 Å². The summed E-state index contributed by atoms with van der Waals surface area (Å²) in [5.74, 6) is -0.599. The topological polar surface area (TPSA) is 74.3 Å². The first-order chi connectivity index (χ1) is 9.08. The maximum atomic E-state index is 11.6. The quantitative estimate of drug-likeness (QED) is 0.766. The van der Waals surface area contributed by atoms with E-state index in [1.807, 2.05) is 13.8 Å². The summed E-state index contributed by atoms with van der Waals surface area (Å²) in [5, 5.41) is 0. The molecule has 6 heteroatoms. The number of rotatable bonds is 5. The summed E-state index contributed by atoms with van der Waals surface area (Å²) in [4.78, 5) is 27.3. The molecule has 0 fully saturated rings. The lowest BCUT2D eigenvalue weighted by atomic mass is 10.1. The van der Waals surface area contributed by atoms with Crippen molar-refractivity contribution in [1.29, 1.82) is 0 Å². The van der Waals surface area contributed by atoms with Crippen molar-refractivity contribution in [3.05, 3.63) is 28.9 Å². The summed E-state index contributed by atoms with van der Waals surface area (Å²) in [6.07, 6.45) is 2.34. The van der Waals surface area contributed by atoms with Gasteiger partial charge in [0, 0.05) is 6.20 Å². The van der Waals surface area contributed by atoms with E-state index in [1.165, 1.54) is 10.8 Å². The van der Waals surface area contributed by atoms with Gasteiger partial charge in [0.25, 0.3) is 0 Å². The zero-order valence-corrected chi connectivity index (χ0v) is 11.0. The van der Waals surface area contributed by atoms with E-state index in [4.69, 9.17) is 9.15 Å². The van der Waals surface area contributed by atoms with Crippen molar-refractivity contribution in [2.75, 3.05) is 6.61 Å². The monoisotopic (exact) mass is 264 g/mol. The van der Waals surface area contributed by atoms with Crippen LogP contribution in [0.2, 0.25) is 0 Å². The van der Waals surface area contributed by atoms with Crippen LogP contribution in [0.3, 0.4) is 0 Å². The predicted octanol–water partition coefficient (Wildman–Crippen LogP) is 1.58. The SMILES string of the molecule is CC(C)CCOC(=O)Cn1c(=O)oc2cccnc21. The second-order valence-corrected chi connectivity index (χ2v) is 4.68. The maximum absolute atomic E-state index is 11.6. The first-order valence-electron chi connectivity index (χ1n) is 6.18. The van der Waals surface area contributed by atoms with Gasteiger partial charge in [-0.15, -0.1) is 0 Å². The number of pyridine rings is 1. The Balaban J connectivity index is 2.07. The fourth-order valence-electron chi connectivity index (χ4n) is 1.62. The molecule has 0 aromatic carbocycles. The number of hydrogen-bond acceptors (Lipinski definition) is 5. The average molecular weight is 264 g/mol. The van der Waals surface area contributed by atoms with Crippen molar-refractivity contribution in [1.82, 2.24) is 9.55 Å². The normalized spacial score (nSPS) is 11.1. The molecule has 0 bridgehead atoms. The van der Waals surface area contributed by atoms with Crippen LogP contribution in [0.1, 0.15) is 20.3 Å². The van der Waals surface area contributed by atoms with Gasteiger partial charge in [0.05, 0.1) is 6.61 Å². The van der Waals surface area contributed by atoms with Crippen LogP contribution in [-0.2, 0) is 16.1 Å². The zero-order valence-electron chi connectivity index (χ0n) is 11.0. The summed E-state index contributed by atoms with van der Waals surface area (Å²) in [6.45, 7) is 4.27. The molecule has 0 saturated carbocycles. The van der Waals surface area contributed by atoms with E-state index in [0.29, 0.717) is 23.8 Å². The minimum atomic E-state index is -0.602. The molecule has 2 rings (SSSR count). The minimum Gasteiger partial charge on any atom is -0.464 e. The third-order valence-corrected chi connectivity index (χ3v) is 2.67. The number of ether oxygens (including phenoxy) is 1. The van der Waals surface area contributed by atoms with Gasteiger partial charge in [-0.3, -0.25) is 4.79 Å². The van der Waals surface area contributed by atoms with E-state index in [2.05, 4.69) is 4.98 Å². The van der Waals surface area contributed by atoms with Gasteiger partial charge in [-0.25, -0.2) is 14.3 Å². The fourth-order valence-corrected chi connectivity index (χ4v) is 1.62. The van der Waals surface area contributed by atoms with Gasteiger partial charge in [-0.05, 0) is 24.5 Å². The van der Waals surface area contributed by atoms with Crippen molar-refractivity contribution in [3.63, 3.8) is 0 Å². The highest BCUT2D eigenvalue weighted by Gasteiger charge is 2.14. The highest BCUT2D eigenvalue weighted by Crippen LogP contribution is 2.08. The Labute approximate surface area is 110 Å². The van der Waals surface area contributed by atoms with E-state index in [-0.39, 0.29) is 6.54 Å². The second kappa shape index (κ2) is 5.69. The average Bonchev–Trinajstić information content (AvgIpc) is 2.66. The molecule has 0 unspecified atom stereocenters. The highest BCUT2D eigenvalue weighted by molar-refractivity contribution is 5.73. The van der Waals surface area contributed by atoms with Crippen LogP contribution in [0.15, 0.2) is 27.5 Å². The predicted molar refractivity (Wildman–Crippen MR) is 68.7 cm³/mol. The number of nitrogens with zero attached hydrogens (tertiary/aromatic N) is 2. The largest absolute Gasteiger partial charge is 0.464 e. The molecule has 0 N–H and O–H groups in total. The van der Waals surface area contributed by atoms with Crippen LogP contribution in [0, 0.1) is 5.92 Å². The van der Waals surface area contributed by atoms with E-state index >= 15 is 0 Å². The van der Waals surface area contributed by atoms with Crippen LogP contribution in [0.25, 0.3) is 11.2 Å². The molecule has 0 aliphatic rings. The van der Waals surface area contributed by atoms with E-state index in [9.17, 15) is 9.59 Å². The Morgan fingerprint density at radius 3 is 3.05 bits per heavy atom. The smallest absolute Gasteiger partial charge is 0.421 e. The van der Waals surface area contributed by atoms with E-state index < -0.39 is 11.7 Å². The van der Waals surface area contributed by atoms with Crippen molar-refractivity contribution < 1.29 is 13.9 Å². The lowest BCUT2D eigenvalue weighted by Crippen LogP contribution is -2.22. The molecule has 0 aliphatic heterocycles. The standard InChI is InChI=1S/C13H16N2O4/c1-9(2)5-7-18-11(16)8-15-12-10(19-13(15)17)4-3-6-14-12/h3-4,6,9H,5,7-8H2,1-2H3. The lowest BCUT2D eigenvalue weighted by molar-refractivity contribution is -0.144. The summed E-state index contributed by atoms with van der Waals surface area (Å²) >= 11 is 0. The molecular formula is C13H16N2O4. The number of fused-ring (bicyclic) bond motifs is 1. The highest BCUT2D eigenvalue weighted by atomic mass is 16.5. The molecular weight excluding hydrogens is 248 g/mol. The molecule has 102 valence electrons. The number of hydrogen-bond donors (Lipinski definition) is 0. The number of carbonyl (C=O) groups is 1. The van der Waals surface area contributed by atoms with Crippen molar-refractivity contribution in [2.45, 2.75) is 26.8 Å². The van der Waals surface area contributed by atoms with Crippen LogP contribution in [0.5, 0.6) is 0 Å². The minimum absolute atomic E-state index is 0.180. The molecule has 0 amide bonds. The van der Waals surface area contributed by atoms with Gasteiger partial charge in [0.1, 0.15) is 6.54 Å². The van der Waals surface area contributed by atoms with Crippen LogP contribution < -0.4 is 5.76 Å². The Morgan fingerprint density at radius 2 is 2.32 bits per heavy atom. The maximum Gasteiger partial charge on any atom is 0.421 e. The molecule has 6 nitrogen and oxygen atoms in total. The molecule has 0 aliphatic carbocycles. The third kappa shape index (κ3) is 3.21. The third-order valence-electron chi connectivity index (χ3n) is 2.67. The van der Waals surface area contributed by atoms with Crippen molar-refractivity contribution >= 4 is 17.2 Å². The molecule has 0 radical (unpaired) electrons. The zero-order chi connectivity index (χ0) is 13.8.